The molecule has 5 rings (SSSR count). The average molecular weight is 833 g/mol. The van der Waals surface area contributed by atoms with Crippen LogP contribution in [0.25, 0.3) is 0 Å². The van der Waals surface area contributed by atoms with Gasteiger partial charge in [-0.25, -0.2) is 4.57 Å². The Morgan fingerprint density at radius 2 is 1.44 bits per heavy atom. The summed E-state index contributed by atoms with van der Waals surface area (Å²) < 4.78 is 16.0. The van der Waals surface area contributed by atoms with E-state index in [1.165, 1.54) is 29.2 Å². The first-order chi connectivity index (χ1) is 28.1. The van der Waals surface area contributed by atoms with E-state index in [1.54, 1.807) is 0 Å². The molecule has 3 aromatic carbocycles. The summed E-state index contributed by atoms with van der Waals surface area (Å²) in [4.78, 5) is 101. The molecule has 17 heteroatoms. The molecule has 0 spiro atoms. The Hall–Kier alpha value is -5.57. The molecule has 1 saturated heterocycles. The maximum Gasteiger partial charge on any atom is 0.524 e. The molecule has 1 aliphatic heterocycles. The SMILES string of the molecule is CC(C)C[C@@H](NC(=O)[C@@H](Cc1ccc(OP(=O)(O)O)cc1)NC(=O)CCc1ccccc1)C(=O)N1C[C@@H]2C[C@@H]2[C@@H]1C(=O)N[C@H](CCC(N)=O)C(=O)NCc1ccccc1. The third-order valence-corrected chi connectivity index (χ3v) is 10.8. The van der Waals surface area contributed by atoms with Crippen molar-refractivity contribution in [3.8, 4) is 5.75 Å². The maximum absolute atomic E-state index is 14.4. The van der Waals surface area contributed by atoms with Crippen LogP contribution in [0.5, 0.6) is 5.75 Å². The second-order valence-corrected chi connectivity index (χ2v) is 16.8. The largest absolute Gasteiger partial charge is 0.524 e. The first-order valence-corrected chi connectivity index (χ1v) is 21.3. The molecule has 0 bridgehead atoms. The zero-order chi connectivity index (χ0) is 42.7. The number of hydrogen-bond acceptors (Lipinski definition) is 8. The van der Waals surface area contributed by atoms with Gasteiger partial charge in [0.05, 0.1) is 0 Å². The zero-order valence-electron chi connectivity index (χ0n) is 33.1. The third kappa shape index (κ3) is 13.8. The van der Waals surface area contributed by atoms with Gasteiger partial charge < -0.3 is 36.4 Å². The van der Waals surface area contributed by atoms with Gasteiger partial charge in [-0.15, -0.1) is 0 Å². The van der Waals surface area contributed by atoms with Crippen LogP contribution in [0, 0.1) is 17.8 Å². The number of benzene rings is 3. The molecular formula is C42H53N6O10P. The quantitative estimate of drug-likeness (QED) is 0.0772. The molecular weight excluding hydrogens is 779 g/mol. The average Bonchev–Trinajstić information content (AvgIpc) is 3.85. The molecule has 0 unspecified atom stereocenters. The summed E-state index contributed by atoms with van der Waals surface area (Å²) in [6.45, 7) is 4.25. The molecule has 1 saturated carbocycles. The standard InChI is InChI=1S/C42H53N6O10P/c1-26(2)21-35(47-40(52)34(45-37(50)20-15-27-9-5-3-6-10-27)22-28-13-16-31(17-14-28)58-59(55,56)57)42(54)48-25-30-23-32(30)38(48)41(53)46-33(18-19-36(43)49)39(51)44-24-29-11-7-4-8-12-29/h3-14,16-17,26,30,32-35,38H,15,18-25H2,1-2H3,(H2,43,49)(H,44,51)(H,45,50)(H,46,53)(H,47,52)(H2,55,56,57)/t30-,32-,33+,34+,35+,38+/m0/s1. The molecule has 316 valence electrons. The number of hydrogen-bond donors (Lipinski definition) is 7. The number of phosphoric ester groups is 1. The molecule has 16 nitrogen and oxygen atoms in total. The van der Waals surface area contributed by atoms with Crippen molar-refractivity contribution in [2.24, 2.45) is 23.5 Å². The Bertz CT molecular complexity index is 2000. The van der Waals surface area contributed by atoms with Gasteiger partial charge in [-0.2, -0.15) is 0 Å². The lowest BCUT2D eigenvalue weighted by atomic mass is 9.99. The van der Waals surface area contributed by atoms with E-state index in [4.69, 9.17) is 5.73 Å². The van der Waals surface area contributed by atoms with Crippen LogP contribution in [0.4, 0.5) is 0 Å². The van der Waals surface area contributed by atoms with Gasteiger partial charge in [0.15, 0.2) is 0 Å². The predicted molar refractivity (Wildman–Crippen MR) is 217 cm³/mol. The molecule has 2 aliphatic rings. The van der Waals surface area contributed by atoms with E-state index in [0.29, 0.717) is 18.4 Å². The van der Waals surface area contributed by atoms with Gasteiger partial charge in [0.2, 0.25) is 35.4 Å². The fourth-order valence-corrected chi connectivity index (χ4v) is 7.75. The number of amides is 6. The maximum atomic E-state index is 14.4. The van der Waals surface area contributed by atoms with Gasteiger partial charge in [-0.3, -0.25) is 38.6 Å². The predicted octanol–water partition coefficient (Wildman–Crippen LogP) is 2.26. The molecule has 3 aromatic rings. The number of likely N-dealkylation sites (tertiary alicyclic amines) is 1. The van der Waals surface area contributed by atoms with Crippen molar-refractivity contribution >= 4 is 43.3 Å². The molecule has 0 aromatic heterocycles. The molecule has 6 amide bonds. The first-order valence-electron chi connectivity index (χ1n) is 19.7. The van der Waals surface area contributed by atoms with E-state index in [0.717, 1.165) is 11.1 Å². The Kier molecular flexibility index (Phi) is 15.4. The van der Waals surface area contributed by atoms with Crippen molar-refractivity contribution < 1.29 is 47.6 Å². The minimum Gasteiger partial charge on any atom is -0.404 e. The smallest absolute Gasteiger partial charge is 0.404 e. The fourth-order valence-electron chi connectivity index (χ4n) is 7.35. The van der Waals surface area contributed by atoms with E-state index in [-0.39, 0.29) is 68.7 Å². The summed E-state index contributed by atoms with van der Waals surface area (Å²) in [5.74, 6) is -3.44. The van der Waals surface area contributed by atoms with Crippen LogP contribution in [0.3, 0.4) is 0 Å². The van der Waals surface area contributed by atoms with E-state index in [9.17, 15) is 43.1 Å². The van der Waals surface area contributed by atoms with Crippen LogP contribution in [-0.2, 0) is 52.7 Å². The summed E-state index contributed by atoms with van der Waals surface area (Å²) in [6, 6.07) is 20.0. The van der Waals surface area contributed by atoms with Crippen LogP contribution < -0.4 is 31.5 Å². The highest BCUT2D eigenvalue weighted by Gasteiger charge is 2.57. The first kappa shape index (κ1) is 44.5. The van der Waals surface area contributed by atoms with Gasteiger partial charge in [0.1, 0.15) is 29.9 Å². The highest BCUT2D eigenvalue weighted by molar-refractivity contribution is 7.46. The third-order valence-electron chi connectivity index (χ3n) is 10.4. The van der Waals surface area contributed by atoms with E-state index in [2.05, 4.69) is 25.8 Å². The number of nitrogens with zero attached hydrogens (tertiary/aromatic N) is 1. The molecule has 8 N–H and O–H groups in total. The number of carbonyl (C=O) groups excluding carboxylic acids is 6. The molecule has 6 atom stereocenters. The number of rotatable bonds is 21. The summed E-state index contributed by atoms with van der Waals surface area (Å²) in [5.41, 5.74) is 7.70. The Labute approximate surface area is 343 Å². The molecule has 1 aliphatic carbocycles. The zero-order valence-corrected chi connectivity index (χ0v) is 34.0. The molecule has 59 heavy (non-hydrogen) atoms. The number of phosphoric acid groups is 1. The number of aryl methyl sites for hydroxylation is 1. The minimum absolute atomic E-state index is 0.0282. The normalized spacial score (nSPS) is 18.5. The lowest BCUT2D eigenvalue weighted by Crippen LogP contribution is -2.59. The molecule has 1 heterocycles. The summed E-state index contributed by atoms with van der Waals surface area (Å²) >= 11 is 0. The topological polar surface area (TPSA) is 247 Å². The lowest BCUT2D eigenvalue weighted by molar-refractivity contribution is -0.143. The van der Waals surface area contributed by atoms with Crippen LogP contribution in [0.2, 0.25) is 0 Å². The monoisotopic (exact) mass is 832 g/mol. The van der Waals surface area contributed by atoms with Crippen molar-refractivity contribution in [2.45, 2.75) is 89.5 Å². The van der Waals surface area contributed by atoms with Crippen LogP contribution in [-0.4, -0.2) is 80.8 Å². The van der Waals surface area contributed by atoms with Gasteiger partial charge >= 0.3 is 7.82 Å². The van der Waals surface area contributed by atoms with E-state index < -0.39 is 67.4 Å². The van der Waals surface area contributed by atoms with Crippen LogP contribution in [0.15, 0.2) is 84.9 Å². The van der Waals surface area contributed by atoms with Crippen molar-refractivity contribution in [1.29, 1.82) is 0 Å². The Morgan fingerprint density at radius 1 is 0.797 bits per heavy atom. The van der Waals surface area contributed by atoms with Crippen molar-refractivity contribution in [2.75, 3.05) is 6.54 Å². The Morgan fingerprint density at radius 3 is 2.05 bits per heavy atom. The van der Waals surface area contributed by atoms with Crippen molar-refractivity contribution in [3.63, 3.8) is 0 Å². The highest BCUT2D eigenvalue weighted by Crippen LogP contribution is 2.50. The van der Waals surface area contributed by atoms with Gasteiger partial charge in [-0.05, 0) is 72.3 Å². The minimum atomic E-state index is -4.81. The van der Waals surface area contributed by atoms with Gasteiger partial charge in [0.25, 0.3) is 0 Å². The van der Waals surface area contributed by atoms with Crippen molar-refractivity contribution in [1.82, 2.24) is 26.2 Å². The fraction of sp³-hybridized carbons (Fsp3) is 0.429. The number of piperidine rings is 1. The van der Waals surface area contributed by atoms with Gasteiger partial charge in [0, 0.05) is 32.4 Å². The number of nitrogens with two attached hydrogens (primary N) is 1. The van der Waals surface area contributed by atoms with Crippen LogP contribution >= 0.6 is 7.82 Å². The van der Waals surface area contributed by atoms with E-state index in [1.807, 2.05) is 74.5 Å². The summed E-state index contributed by atoms with van der Waals surface area (Å²) in [5, 5.41) is 11.2. The second kappa shape index (κ2) is 20.4. The highest BCUT2D eigenvalue weighted by atomic mass is 31.2. The van der Waals surface area contributed by atoms with Gasteiger partial charge in [-0.1, -0.05) is 86.6 Å². The van der Waals surface area contributed by atoms with E-state index >= 15 is 0 Å². The summed E-state index contributed by atoms with van der Waals surface area (Å²) in [7, 11) is -4.81. The number of nitrogens with one attached hydrogen (secondary N) is 4. The summed E-state index contributed by atoms with van der Waals surface area (Å²) in [6.07, 6.45) is 1.21. The molecule has 0 radical (unpaired) electrons. The number of primary amides is 1. The second-order valence-electron chi connectivity index (χ2n) is 15.6. The number of carbonyl (C=O) groups is 6. The van der Waals surface area contributed by atoms with Crippen LogP contribution in [0.1, 0.15) is 62.6 Å². The Balaban J connectivity index is 1.31. The number of fused-ring (bicyclic) bond motifs is 1. The van der Waals surface area contributed by atoms with Crippen molar-refractivity contribution in [3.05, 3.63) is 102 Å². The molecule has 2 fully saturated rings. The lowest BCUT2D eigenvalue weighted by Gasteiger charge is -2.33.